The Bertz CT molecular complexity index is 1320. The van der Waals surface area contributed by atoms with Gasteiger partial charge in [0, 0.05) is 18.6 Å². The number of sulfonamides is 1. The molecule has 36 heavy (non-hydrogen) atoms. The van der Waals surface area contributed by atoms with Crippen molar-refractivity contribution in [2.75, 3.05) is 17.9 Å². The van der Waals surface area contributed by atoms with E-state index in [0.717, 1.165) is 15.4 Å². The average molecular weight is 528 g/mol. The zero-order valence-electron chi connectivity index (χ0n) is 20.5. The molecule has 1 N–H and O–H groups in total. The zero-order valence-corrected chi connectivity index (χ0v) is 22.1. The smallest absolute Gasteiger partial charge is 0.264 e. The molecule has 2 amide bonds. The highest BCUT2D eigenvalue weighted by atomic mass is 35.5. The van der Waals surface area contributed by atoms with E-state index in [1.54, 1.807) is 36.4 Å². The van der Waals surface area contributed by atoms with Gasteiger partial charge in [-0.15, -0.1) is 0 Å². The van der Waals surface area contributed by atoms with Crippen LogP contribution in [0, 0.1) is 6.92 Å². The Hall–Kier alpha value is -3.36. The second-order valence-electron chi connectivity index (χ2n) is 8.29. The van der Waals surface area contributed by atoms with Gasteiger partial charge in [-0.3, -0.25) is 13.9 Å². The Balaban J connectivity index is 2.06. The third kappa shape index (κ3) is 6.25. The summed E-state index contributed by atoms with van der Waals surface area (Å²) in [5, 5.41) is 2.95. The fourth-order valence-electron chi connectivity index (χ4n) is 3.94. The number of benzene rings is 3. The summed E-state index contributed by atoms with van der Waals surface area (Å²) in [5.74, 6) is -0.826. The third-order valence-electron chi connectivity index (χ3n) is 5.94. The summed E-state index contributed by atoms with van der Waals surface area (Å²) < 4.78 is 28.4. The molecule has 190 valence electrons. The summed E-state index contributed by atoms with van der Waals surface area (Å²) in [6.07, 6.45) is 0.361. The van der Waals surface area contributed by atoms with E-state index >= 15 is 0 Å². The van der Waals surface area contributed by atoms with Gasteiger partial charge in [0.15, 0.2) is 0 Å². The fourth-order valence-corrected chi connectivity index (χ4v) is 5.55. The lowest BCUT2D eigenvalue weighted by molar-refractivity contribution is -0.140. The first-order chi connectivity index (χ1) is 17.2. The van der Waals surface area contributed by atoms with Crippen molar-refractivity contribution in [1.82, 2.24) is 10.2 Å². The summed E-state index contributed by atoms with van der Waals surface area (Å²) in [6.45, 7) is 3.40. The highest BCUT2D eigenvalue weighted by Gasteiger charge is 2.33. The maximum Gasteiger partial charge on any atom is 0.264 e. The number of anilines is 1. The normalized spacial score (nSPS) is 12.0. The van der Waals surface area contributed by atoms with Gasteiger partial charge in [-0.2, -0.15) is 0 Å². The van der Waals surface area contributed by atoms with Gasteiger partial charge in [-0.05, 0) is 54.8 Å². The molecule has 0 aliphatic carbocycles. The van der Waals surface area contributed by atoms with Gasteiger partial charge in [-0.25, -0.2) is 8.42 Å². The van der Waals surface area contributed by atoms with E-state index < -0.39 is 28.5 Å². The first-order valence-corrected chi connectivity index (χ1v) is 13.4. The molecule has 3 aromatic carbocycles. The quantitative estimate of drug-likeness (QED) is 0.423. The molecule has 0 aliphatic heterocycles. The van der Waals surface area contributed by atoms with Crippen LogP contribution < -0.4 is 9.62 Å². The number of halogens is 1. The summed E-state index contributed by atoms with van der Waals surface area (Å²) in [5.41, 5.74) is 2.09. The van der Waals surface area contributed by atoms with Crippen molar-refractivity contribution in [1.29, 1.82) is 0 Å². The van der Waals surface area contributed by atoms with Crippen LogP contribution in [0.1, 0.15) is 24.5 Å². The van der Waals surface area contributed by atoms with Crippen molar-refractivity contribution < 1.29 is 18.0 Å². The van der Waals surface area contributed by atoms with Crippen molar-refractivity contribution in [3.8, 4) is 0 Å². The molecule has 0 aromatic heterocycles. The number of nitrogens with zero attached hydrogens (tertiary/aromatic N) is 2. The van der Waals surface area contributed by atoms with Crippen LogP contribution in [0.3, 0.4) is 0 Å². The monoisotopic (exact) mass is 527 g/mol. The maximum atomic E-state index is 13.8. The molecule has 0 fully saturated rings. The van der Waals surface area contributed by atoms with Crippen LogP contribution in [-0.4, -0.2) is 44.8 Å². The molecule has 0 bridgehead atoms. The van der Waals surface area contributed by atoms with Crippen molar-refractivity contribution in [2.45, 2.75) is 37.8 Å². The molecule has 1 atom stereocenters. The topological polar surface area (TPSA) is 86.8 Å². The molecule has 3 aromatic rings. The number of hydrogen-bond donors (Lipinski definition) is 1. The molecule has 7 nitrogen and oxygen atoms in total. The minimum absolute atomic E-state index is 0.0431. The van der Waals surface area contributed by atoms with Gasteiger partial charge in [0.25, 0.3) is 10.0 Å². The van der Waals surface area contributed by atoms with Crippen LogP contribution in [-0.2, 0) is 26.2 Å². The van der Waals surface area contributed by atoms with E-state index in [2.05, 4.69) is 5.32 Å². The Kier molecular flexibility index (Phi) is 9.12. The predicted molar refractivity (Wildman–Crippen MR) is 142 cm³/mol. The first kappa shape index (κ1) is 27.2. The standard InChI is InChI=1S/C27H30ClN3O4S/c1-4-25(27(33)29-3)30(18-21-12-9-8-11-20(21)2)26(32)19-31(23-14-10-13-22(28)17-23)36(34,35)24-15-6-5-7-16-24/h5-17,25H,4,18-19H2,1-3H3,(H,29,33)/t25-/m0/s1. The summed E-state index contributed by atoms with van der Waals surface area (Å²) in [6, 6.07) is 21.0. The van der Waals surface area contributed by atoms with Gasteiger partial charge in [0.1, 0.15) is 12.6 Å². The Morgan fingerprint density at radius 3 is 2.25 bits per heavy atom. The van der Waals surface area contributed by atoms with Crippen LogP contribution in [0.15, 0.2) is 83.8 Å². The van der Waals surface area contributed by atoms with Gasteiger partial charge >= 0.3 is 0 Å². The number of likely N-dealkylation sites (N-methyl/N-ethyl adjacent to an activating group) is 1. The van der Waals surface area contributed by atoms with Crippen LogP contribution in [0.4, 0.5) is 5.69 Å². The Morgan fingerprint density at radius 1 is 0.972 bits per heavy atom. The van der Waals surface area contributed by atoms with Crippen LogP contribution >= 0.6 is 11.6 Å². The minimum atomic E-state index is -4.11. The van der Waals surface area contributed by atoms with E-state index in [1.807, 2.05) is 38.1 Å². The average Bonchev–Trinajstić information content (AvgIpc) is 2.88. The molecule has 9 heteroatoms. The molecule has 0 saturated heterocycles. The molecule has 0 unspecified atom stereocenters. The highest BCUT2D eigenvalue weighted by molar-refractivity contribution is 7.92. The van der Waals surface area contributed by atoms with Crippen LogP contribution in [0.5, 0.6) is 0 Å². The van der Waals surface area contributed by atoms with E-state index in [9.17, 15) is 18.0 Å². The second kappa shape index (κ2) is 12.1. The molecule has 0 saturated carbocycles. The van der Waals surface area contributed by atoms with Gasteiger partial charge in [-0.1, -0.05) is 67.1 Å². The second-order valence-corrected chi connectivity index (χ2v) is 10.6. The zero-order chi connectivity index (χ0) is 26.3. The molecule has 0 heterocycles. The fraction of sp³-hybridized carbons (Fsp3) is 0.259. The molecule has 0 aliphatic rings. The number of aryl methyl sites for hydroxylation is 1. The molecule has 0 radical (unpaired) electrons. The Morgan fingerprint density at radius 2 is 1.64 bits per heavy atom. The van der Waals surface area contributed by atoms with E-state index in [0.29, 0.717) is 11.4 Å². The van der Waals surface area contributed by atoms with Crippen molar-refractivity contribution >= 4 is 39.1 Å². The van der Waals surface area contributed by atoms with Crippen molar-refractivity contribution in [3.05, 3.63) is 95.0 Å². The number of rotatable bonds is 10. The summed E-state index contributed by atoms with van der Waals surface area (Å²) >= 11 is 6.17. The third-order valence-corrected chi connectivity index (χ3v) is 7.96. The Labute approximate surface area is 217 Å². The lowest BCUT2D eigenvalue weighted by atomic mass is 10.1. The van der Waals surface area contributed by atoms with E-state index in [1.165, 1.54) is 30.1 Å². The van der Waals surface area contributed by atoms with E-state index in [4.69, 9.17) is 11.6 Å². The van der Waals surface area contributed by atoms with Crippen LogP contribution in [0.2, 0.25) is 5.02 Å². The maximum absolute atomic E-state index is 13.8. The summed E-state index contributed by atoms with van der Waals surface area (Å²) in [4.78, 5) is 28.0. The number of hydrogen-bond acceptors (Lipinski definition) is 4. The molecular formula is C27H30ClN3O4S. The van der Waals surface area contributed by atoms with Gasteiger partial charge in [0.2, 0.25) is 11.8 Å². The van der Waals surface area contributed by atoms with Crippen molar-refractivity contribution in [3.63, 3.8) is 0 Å². The lowest BCUT2D eigenvalue weighted by Crippen LogP contribution is -2.51. The highest BCUT2D eigenvalue weighted by Crippen LogP contribution is 2.27. The molecule has 0 spiro atoms. The largest absolute Gasteiger partial charge is 0.357 e. The summed E-state index contributed by atoms with van der Waals surface area (Å²) in [7, 11) is -2.60. The van der Waals surface area contributed by atoms with Crippen molar-refractivity contribution in [2.24, 2.45) is 0 Å². The minimum Gasteiger partial charge on any atom is -0.357 e. The predicted octanol–water partition coefficient (Wildman–Crippen LogP) is 4.40. The number of carbonyl (C=O) groups excluding carboxylic acids is 2. The molecule has 3 rings (SSSR count). The number of carbonyl (C=O) groups is 2. The lowest BCUT2D eigenvalue weighted by Gasteiger charge is -2.33. The van der Waals surface area contributed by atoms with Gasteiger partial charge in [0.05, 0.1) is 10.6 Å². The number of nitrogens with one attached hydrogen (secondary N) is 1. The van der Waals surface area contributed by atoms with Gasteiger partial charge < -0.3 is 10.2 Å². The van der Waals surface area contributed by atoms with E-state index in [-0.39, 0.29) is 23.0 Å². The SMILES string of the molecule is CC[C@@H](C(=O)NC)N(Cc1ccccc1C)C(=O)CN(c1cccc(Cl)c1)S(=O)(=O)c1ccccc1. The van der Waals surface area contributed by atoms with Crippen LogP contribution in [0.25, 0.3) is 0 Å². The number of amides is 2. The first-order valence-electron chi connectivity index (χ1n) is 11.6. The molecular weight excluding hydrogens is 498 g/mol.